The van der Waals surface area contributed by atoms with Crippen molar-refractivity contribution in [2.45, 2.75) is 32.9 Å². The van der Waals surface area contributed by atoms with Crippen LogP contribution in [-0.2, 0) is 0 Å². The first kappa shape index (κ1) is 16.8. The Balaban J connectivity index is 1.68. The highest BCUT2D eigenvalue weighted by Gasteiger charge is 2.16. The summed E-state index contributed by atoms with van der Waals surface area (Å²) in [5.74, 6) is 1.09. The van der Waals surface area contributed by atoms with Crippen molar-refractivity contribution in [3.8, 4) is 5.88 Å². The molecule has 0 aliphatic rings. The Kier molecular flexibility index (Phi) is 4.88. The molecule has 0 fully saturated rings. The van der Waals surface area contributed by atoms with Crippen molar-refractivity contribution in [2.75, 3.05) is 5.32 Å². The van der Waals surface area contributed by atoms with Gasteiger partial charge in [-0.25, -0.2) is 9.78 Å². The summed E-state index contributed by atoms with van der Waals surface area (Å²) in [5.41, 5.74) is 1.32. The average molecular weight is 339 g/mol. The zero-order chi connectivity index (χ0) is 17.8. The number of fused-ring (bicyclic) bond motifs is 1. The molecule has 2 N–H and O–H groups in total. The number of urea groups is 1. The molecule has 0 bridgehead atoms. The van der Waals surface area contributed by atoms with Gasteiger partial charge in [-0.05, 0) is 45.0 Å². The van der Waals surface area contributed by atoms with E-state index >= 15 is 0 Å². The molecule has 0 radical (unpaired) electrons. The van der Waals surface area contributed by atoms with Gasteiger partial charge in [-0.15, -0.1) is 0 Å². The molecule has 1 atom stereocenters. The van der Waals surface area contributed by atoms with Crippen LogP contribution in [0, 0.1) is 0 Å². The van der Waals surface area contributed by atoms with Gasteiger partial charge in [0.15, 0.2) is 0 Å². The number of anilines is 1. The molecule has 0 aliphatic carbocycles. The number of nitrogens with one attached hydrogen (secondary N) is 2. The Morgan fingerprint density at radius 1 is 1.16 bits per heavy atom. The minimum absolute atomic E-state index is 0.0343. The number of benzene rings is 1. The Bertz CT molecular complexity index is 840. The van der Waals surface area contributed by atoms with Gasteiger partial charge < -0.3 is 19.8 Å². The molecule has 2 aromatic heterocycles. The predicted molar refractivity (Wildman–Crippen MR) is 96.8 cm³/mol. The van der Waals surface area contributed by atoms with Crippen molar-refractivity contribution in [2.24, 2.45) is 0 Å². The van der Waals surface area contributed by atoms with Gasteiger partial charge in [0.25, 0.3) is 0 Å². The summed E-state index contributed by atoms with van der Waals surface area (Å²) in [6.45, 7) is 5.68. The van der Waals surface area contributed by atoms with Crippen molar-refractivity contribution in [1.29, 1.82) is 0 Å². The minimum atomic E-state index is -0.352. The van der Waals surface area contributed by atoms with E-state index in [2.05, 4.69) is 15.6 Å². The van der Waals surface area contributed by atoms with E-state index in [-0.39, 0.29) is 18.2 Å². The first-order valence-electron chi connectivity index (χ1n) is 8.20. The molecular formula is C19H21N3O3. The molecular weight excluding hydrogens is 318 g/mol. The van der Waals surface area contributed by atoms with E-state index in [1.807, 2.05) is 51.1 Å². The van der Waals surface area contributed by atoms with Gasteiger partial charge in [0, 0.05) is 11.6 Å². The van der Waals surface area contributed by atoms with E-state index in [1.165, 1.54) is 0 Å². The Morgan fingerprint density at radius 3 is 2.72 bits per heavy atom. The number of carbonyl (C=O) groups excluding carboxylic acids is 1. The number of carbonyl (C=O) groups is 1. The van der Waals surface area contributed by atoms with Gasteiger partial charge in [0.2, 0.25) is 5.88 Å². The molecule has 0 aliphatic heterocycles. The topological polar surface area (TPSA) is 76.4 Å². The third-order valence-electron chi connectivity index (χ3n) is 3.59. The smallest absolute Gasteiger partial charge is 0.319 e. The molecule has 3 rings (SSSR count). The van der Waals surface area contributed by atoms with Gasteiger partial charge in [-0.2, -0.15) is 0 Å². The SMILES string of the molecule is CC(C)Oc1ncccc1NC(=O)NC(C)c1cc2ccccc2o1. The van der Waals surface area contributed by atoms with Crippen LogP contribution < -0.4 is 15.4 Å². The number of amides is 2. The van der Waals surface area contributed by atoms with Gasteiger partial charge in [0.05, 0.1) is 12.1 Å². The van der Waals surface area contributed by atoms with Crippen molar-refractivity contribution in [3.63, 3.8) is 0 Å². The first-order valence-corrected chi connectivity index (χ1v) is 8.20. The fourth-order valence-electron chi connectivity index (χ4n) is 2.45. The standard InChI is InChI=1S/C19H21N3O3/c1-12(2)24-18-15(8-6-10-20-18)22-19(23)21-13(3)17-11-14-7-4-5-9-16(14)25-17/h4-13H,1-3H3,(H2,21,22,23). The molecule has 1 unspecified atom stereocenters. The Labute approximate surface area is 146 Å². The van der Waals surface area contributed by atoms with Gasteiger partial charge >= 0.3 is 6.03 Å². The van der Waals surface area contributed by atoms with Crippen LogP contribution in [0.15, 0.2) is 53.1 Å². The molecule has 0 saturated carbocycles. The average Bonchev–Trinajstić information content (AvgIpc) is 3.00. The maximum absolute atomic E-state index is 12.3. The molecule has 3 aromatic rings. The molecule has 0 spiro atoms. The van der Waals surface area contributed by atoms with Crippen LogP contribution in [0.1, 0.15) is 32.6 Å². The van der Waals surface area contributed by atoms with Gasteiger partial charge in [-0.1, -0.05) is 18.2 Å². The number of furan rings is 1. The van der Waals surface area contributed by atoms with Crippen molar-refractivity contribution >= 4 is 22.7 Å². The van der Waals surface area contributed by atoms with Crippen molar-refractivity contribution in [1.82, 2.24) is 10.3 Å². The van der Waals surface area contributed by atoms with E-state index in [9.17, 15) is 4.79 Å². The summed E-state index contributed by atoms with van der Waals surface area (Å²) in [6.07, 6.45) is 1.59. The number of pyridine rings is 1. The fourth-order valence-corrected chi connectivity index (χ4v) is 2.45. The summed E-state index contributed by atoms with van der Waals surface area (Å²) in [7, 11) is 0. The molecule has 130 valence electrons. The van der Waals surface area contributed by atoms with E-state index in [0.29, 0.717) is 17.3 Å². The monoisotopic (exact) mass is 339 g/mol. The number of hydrogen-bond donors (Lipinski definition) is 2. The molecule has 0 saturated heterocycles. The first-order chi connectivity index (χ1) is 12.0. The van der Waals surface area contributed by atoms with Crippen molar-refractivity contribution in [3.05, 3.63) is 54.4 Å². The van der Waals surface area contributed by atoms with E-state index in [4.69, 9.17) is 9.15 Å². The minimum Gasteiger partial charge on any atom is -0.473 e. The summed E-state index contributed by atoms with van der Waals surface area (Å²) >= 11 is 0. The number of aromatic nitrogens is 1. The van der Waals surface area contributed by atoms with Gasteiger partial charge in [0.1, 0.15) is 17.0 Å². The Hall–Kier alpha value is -3.02. The van der Waals surface area contributed by atoms with E-state index in [1.54, 1.807) is 18.3 Å². The number of hydrogen-bond acceptors (Lipinski definition) is 4. The van der Waals surface area contributed by atoms with E-state index in [0.717, 1.165) is 11.0 Å². The Morgan fingerprint density at radius 2 is 1.96 bits per heavy atom. The highest BCUT2D eigenvalue weighted by atomic mass is 16.5. The lowest BCUT2D eigenvalue weighted by molar-refractivity contribution is 0.232. The number of ether oxygens (including phenoxy) is 1. The lowest BCUT2D eigenvalue weighted by Gasteiger charge is -2.15. The largest absolute Gasteiger partial charge is 0.473 e. The van der Waals surface area contributed by atoms with Crippen LogP contribution in [0.2, 0.25) is 0 Å². The van der Waals surface area contributed by atoms with Crippen LogP contribution >= 0.6 is 0 Å². The maximum Gasteiger partial charge on any atom is 0.319 e. The molecule has 25 heavy (non-hydrogen) atoms. The zero-order valence-corrected chi connectivity index (χ0v) is 14.4. The quantitative estimate of drug-likeness (QED) is 0.717. The second-order valence-electron chi connectivity index (χ2n) is 6.03. The predicted octanol–water partition coefficient (Wildman–Crippen LogP) is 4.50. The third-order valence-corrected chi connectivity index (χ3v) is 3.59. The highest BCUT2D eigenvalue weighted by Crippen LogP contribution is 2.24. The van der Waals surface area contributed by atoms with Crippen LogP contribution in [0.5, 0.6) is 5.88 Å². The maximum atomic E-state index is 12.3. The summed E-state index contributed by atoms with van der Waals surface area (Å²) < 4.78 is 11.4. The molecule has 2 heterocycles. The third kappa shape index (κ3) is 4.09. The normalized spacial score (nSPS) is 12.2. The van der Waals surface area contributed by atoms with E-state index < -0.39 is 0 Å². The second kappa shape index (κ2) is 7.25. The summed E-state index contributed by atoms with van der Waals surface area (Å²) in [5, 5.41) is 6.64. The number of para-hydroxylation sites is 1. The van der Waals surface area contributed by atoms with Crippen molar-refractivity contribution < 1.29 is 13.9 Å². The van der Waals surface area contributed by atoms with Crippen LogP contribution in [0.3, 0.4) is 0 Å². The van der Waals surface area contributed by atoms with Crippen LogP contribution in [0.4, 0.5) is 10.5 Å². The van der Waals surface area contributed by atoms with Crippen LogP contribution in [0.25, 0.3) is 11.0 Å². The number of rotatable bonds is 5. The highest BCUT2D eigenvalue weighted by molar-refractivity contribution is 5.90. The summed E-state index contributed by atoms with van der Waals surface area (Å²) in [4.78, 5) is 16.5. The van der Waals surface area contributed by atoms with Gasteiger partial charge in [-0.3, -0.25) is 0 Å². The molecule has 2 amide bonds. The molecule has 6 heteroatoms. The lowest BCUT2D eigenvalue weighted by Crippen LogP contribution is -2.31. The zero-order valence-electron chi connectivity index (χ0n) is 14.4. The fraction of sp³-hybridized carbons (Fsp3) is 0.263. The summed E-state index contributed by atoms with van der Waals surface area (Å²) in [6, 6.07) is 12.5. The second-order valence-corrected chi connectivity index (χ2v) is 6.03. The molecule has 6 nitrogen and oxygen atoms in total. The number of nitrogens with zero attached hydrogens (tertiary/aromatic N) is 1. The van der Waals surface area contributed by atoms with Crippen LogP contribution in [-0.4, -0.2) is 17.1 Å². The molecule has 1 aromatic carbocycles. The lowest BCUT2D eigenvalue weighted by atomic mass is 10.2.